The van der Waals surface area contributed by atoms with Gasteiger partial charge < -0.3 is 4.74 Å². The molecule has 1 aliphatic heterocycles. The first-order valence-electron chi connectivity index (χ1n) is 10.6. The zero-order chi connectivity index (χ0) is 25.1. The van der Waals surface area contributed by atoms with Gasteiger partial charge in [0.05, 0.1) is 13.7 Å². The molecule has 4 amide bonds. The Labute approximate surface area is 238 Å². The minimum absolute atomic E-state index is 0.126. The molecule has 0 atom stereocenters. The Morgan fingerprint density at radius 1 is 0.971 bits per heavy atom. The summed E-state index contributed by atoms with van der Waals surface area (Å²) in [5, 5.41) is 2.26. The number of amides is 4. The van der Waals surface area contributed by atoms with Gasteiger partial charge in [0, 0.05) is 3.57 Å². The van der Waals surface area contributed by atoms with Crippen molar-refractivity contribution in [3.05, 3.63) is 94.5 Å². The summed E-state index contributed by atoms with van der Waals surface area (Å²) in [5.41, 5.74) is 3.02. The summed E-state index contributed by atoms with van der Waals surface area (Å²) in [6.07, 6.45) is 2.31. The van der Waals surface area contributed by atoms with Crippen molar-refractivity contribution in [3.63, 3.8) is 0 Å². The number of rotatable bonds is 6. The Hall–Kier alpha value is -2.25. The number of nitrogens with zero attached hydrogens (tertiary/aromatic N) is 1. The van der Waals surface area contributed by atoms with Crippen molar-refractivity contribution in [2.75, 3.05) is 4.90 Å². The average molecular weight is 757 g/mol. The van der Waals surface area contributed by atoms with E-state index < -0.39 is 17.8 Å². The molecule has 178 valence electrons. The van der Waals surface area contributed by atoms with E-state index in [9.17, 15) is 14.4 Å². The molecule has 9 heteroatoms. The summed E-state index contributed by atoms with van der Waals surface area (Å²) in [4.78, 5) is 39.1. The summed E-state index contributed by atoms with van der Waals surface area (Å²) in [7, 11) is 0. The van der Waals surface area contributed by atoms with E-state index >= 15 is 0 Å². The van der Waals surface area contributed by atoms with E-state index in [2.05, 4.69) is 66.4 Å². The maximum Gasteiger partial charge on any atom is 0.335 e. The lowest BCUT2D eigenvalue weighted by molar-refractivity contribution is -0.122. The topological polar surface area (TPSA) is 75.7 Å². The fourth-order valence-electron chi connectivity index (χ4n) is 3.48. The van der Waals surface area contributed by atoms with Gasteiger partial charge in [0.15, 0.2) is 0 Å². The first-order valence-corrected chi connectivity index (χ1v) is 13.6. The SMILES string of the molecule is CCc1ccc(N2C(=O)NC(=O)/C(=C/c3cc(Br)c(OCc4ccc(I)cc4)c(I)c3)C2=O)cc1. The minimum atomic E-state index is -0.767. The predicted molar refractivity (Wildman–Crippen MR) is 155 cm³/mol. The first kappa shape index (κ1) is 25.8. The predicted octanol–water partition coefficient (Wildman–Crippen LogP) is 6.47. The molecule has 4 rings (SSSR count). The molecule has 0 spiro atoms. The molecule has 1 saturated heterocycles. The maximum absolute atomic E-state index is 13.2. The van der Waals surface area contributed by atoms with E-state index in [0.717, 1.165) is 29.6 Å². The molecule has 0 unspecified atom stereocenters. The van der Waals surface area contributed by atoms with Gasteiger partial charge in [-0.2, -0.15) is 0 Å². The monoisotopic (exact) mass is 756 g/mol. The fraction of sp³-hybridized carbons (Fsp3) is 0.115. The van der Waals surface area contributed by atoms with Gasteiger partial charge in [-0.1, -0.05) is 31.2 Å². The molecule has 35 heavy (non-hydrogen) atoms. The number of benzene rings is 3. The second-order valence-electron chi connectivity index (χ2n) is 7.71. The van der Waals surface area contributed by atoms with Crippen LogP contribution in [0.15, 0.2) is 70.7 Å². The number of imide groups is 2. The molecule has 0 aromatic heterocycles. The third kappa shape index (κ3) is 5.95. The maximum atomic E-state index is 13.2. The van der Waals surface area contributed by atoms with E-state index in [1.165, 1.54) is 6.08 Å². The molecule has 1 fully saturated rings. The Balaban J connectivity index is 1.59. The molecule has 1 heterocycles. The molecule has 6 nitrogen and oxygen atoms in total. The number of ether oxygens (including phenoxy) is 1. The summed E-state index contributed by atoms with van der Waals surface area (Å²) < 4.78 is 8.66. The van der Waals surface area contributed by atoms with E-state index in [0.29, 0.717) is 28.1 Å². The van der Waals surface area contributed by atoms with Gasteiger partial charge in [-0.05, 0) is 127 Å². The Kier molecular flexibility index (Phi) is 8.27. The molecule has 0 saturated carbocycles. The highest BCUT2D eigenvalue weighted by molar-refractivity contribution is 14.1. The summed E-state index contributed by atoms with van der Waals surface area (Å²) >= 11 is 7.95. The van der Waals surface area contributed by atoms with Crippen molar-refractivity contribution in [3.8, 4) is 5.75 Å². The average Bonchev–Trinajstić information content (AvgIpc) is 2.82. The van der Waals surface area contributed by atoms with Crippen molar-refractivity contribution in [2.24, 2.45) is 0 Å². The number of hydrogen-bond donors (Lipinski definition) is 1. The highest BCUT2D eigenvalue weighted by Gasteiger charge is 2.36. The summed E-state index contributed by atoms with van der Waals surface area (Å²) in [5.74, 6) is -0.738. The number of anilines is 1. The van der Waals surface area contributed by atoms with Crippen LogP contribution in [0.25, 0.3) is 6.08 Å². The Morgan fingerprint density at radius 3 is 2.26 bits per heavy atom. The number of aryl methyl sites for hydroxylation is 1. The highest BCUT2D eigenvalue weighted by atomic mass is 127. The molecule has 0 aliphatic carbocycles. The summed E-state index contributed by atoms with van der Waals surface area (Å²) in [6.45, 7) is 2.42. The smallest absolute Gasteiger partial charge is 0.335 e. The number of carbonyl (C=O) groups is 3. The van der Waals surface area contributed by atoms with Crippen molar-refractivity contribution in [2.45, 2.75) is 20.0 Å². The number of hydrogen-bond acceptors (Lipinski definition) is 4. The van der Waals surface area contributed by atoms with Crippen molar-refractivity contribution in [1.82, 2.24) is 5.32 Å². The standard InChI is InChI=1S/C26H19BrI2N2O4/c1-2-15-5-9-19(10-6-15)31-25(33)20(24(32)30-26(31)34)11-17-12-21(27)23(22(29)13-17)35-14-16-3-7-18(28)8-4-16/h3-13H,2,14H2,1H3,(H,30,32,34)/b20-11-. The molecular weight excluding hydrogens is 738 g/mol. The molecule has 3 aromatic carbocycles. The zero-order valence-electron chi connectivity index (χ0n) is 18.5. The zero-order valence-corrected chi connectivity index (χ0v) is 24.4. The lowest BCUT2D eigenvalue weighted by Crippen LogP contribution is -2.54. The van der Waals surface area contributed by atoms with Crippen molar-refractivity contribution in [1.29, 1.82) is 0 Å². The van der Waals surface area contributed by atoms with Crippen molar-refractivity contribution >= 4 is 90.7 Å². The number of nitrogens with one attached hydrogen (secondary N) is 1. The number of halogens is 3. The Morgan fingerprint density at radius 2 is 1.63 bits per heavy atom. The van der Waals surface area contributed by atoms with Crippen LogP contribution < -0.4 is 15.0 Å². The molecule has 0 bridgehead atoms. The van der Waals surface area contributed by atoms with E-state index in [-0.39, 0.29) is 5.57 Å². The van der Waals surface area contributed by atoms with Gasteiger partial charge >= 0.3 is 6.03 Å². The van der Waals surface area contributed by atoms with E-state index in [1.807, 2.05) is 49.4 Å². The molecule has 0 radical (unpaired) electrons. The van der Waals surface area contributed by atoms with Gasteiger partial charge in [0.2, 0.25) is 0 Å². The van der Waals surface area contributed by atoms with Gasteiger partial charge in [-0.3, -0.25) is 14.9 Å². The molecule has 1 aliphatic rings. The van der Waals surface area contributed by atoms with Gasteiger partial charge in [0.1, 0.15) is 17.9 Å². The van der Waals surface area contributed by atoms with E-state index in [1.54, 1.807) is 18.2 Å². The normalized spacial score (nSPS) is 14.9. The van der Waals surface area contributed by atoms with Crippen LogP contribution in [0, 0.1) is 7.14 Å². The van der Waals surface area contributed by atoms with Crippen LogP contribution in [0.5, 0.6) is 5.75 Å². The fourth-order valence-corrected chi connectivity index (χ4v) is 5.60. The molecule has 1 N–H and O–H groups in total. The van der Waals surface area contributed by atoms with Crippen LogP contribution in [0.4, 0.5) is 10.5 Å². The third-order valence-corrected chi connectivity index (χ3v) is 7.44. The lowest BCUT2D eigenvalue weighted by atomic mass is 10.1. The van der Waals surface area contributed by atoms with E-state index in [4.69, 9.17) is 4.74 Å². The van der Waals surface area contributed by atoms with Gasteiger partial charge in [0.25, 0.3) is 11.8 Å². The highest BCUT2D eigenvalue weighted by Crippen LogP contribution is 2.34. The quantitative estimate of drug-likeness (QED) is 0.178. The van der Waals surface area contributed by atoms with Crippen LogP contribution in [0.1, 0.15) is 23.6 Å². The number of urea groups is 1. The number of barbiturate groups is 1. The lowest BCUT2D eigenvalue weighted by Gasteiger charge is -2.26. The van der Waals surface area contributed by atoms with Crippen LogP contribution in [-0.4, -0.2) is 17.8 Å². The third-order valence-electron chi connectivity index (χ3n) is 5.33. The number of carbonyl (C=O) groups excluding carboxylic acids is 3. The molecule has 3 aromatic rings. The van der Waals surface area contributed by atoms with Crippen LogP contribution in [0.3, 0.4) is 0 Å². The summed E-state index contributed by atoms with van der Waals surface area (Å²) in [6, 6.07) is 18.0. The second kappa shape index (κ2) is 11.2. The second-order valence-corrected chi connectivity index (χ2v) is 11.0. The molecular formula is C26H19BrI2N2O4. The minimum Gasteiger partial charge on any atom is -0.487 e. The van der Waals surface area contributed by atoms with Crippen LogP contribution in [-0.2, 0) is 22.6 Å². The van der Waals surface area contributed by atoms with Crippen molar-refractivity contribution < 1.29 is 19.1 Å². The van der Waals surface area contributed by atoms with Crippen LogP contribution in [0.2, 0.25) is 0 Å². The van der Waals surface area contributed by atoms with Gasteiger partial charge in [-0.25, -0.2) is 9.69 Å². The van der Waals surface area contributed by atoms with Gasteiger partial charge in [-0.15, -0.1) is 0 Å². The largest absolute Gasteiger partial charge is 0.487 e. The Bertz CT molecular complexity index is 1320. The first-order chi connectivity index (χ1) is 16.8. The van der Waals surface area contributed by atoms with Crippen LogP contribution >= 0.6 is 61.1 Å².